The lowest BCUT2D eigenvalue weighted by molar-refractivity contribution is 0.112. The van der Waals surface area contributed by atoms with Gasteiger partial charge in [0.15, 0.2) is 0 Å². The number of carbonyl (C=O) groups excluding carboxylic acids is 1. The second kappa shape index (κ2) is 4.27. The van der Waals surface area contributed by atoms with E-state index >= 15 is 0 Å². The zero-order valence-electron chi connectivity index (χ0n) is 8.20. The monoisotopic (exact) mass is 189 g/mol. The molecular formula is C12H15NO. The van der Waals surface area contributed by atoms with Crippen LogP contribution in [0.2, 0.25) is 0 Å². The van der Waals surface area contributed by atoms with Gasteiger partial charge in [0, 0.05) is 17.3 Å². The number of rotatable bonds is 3. The minimum absolute atomic E-state index is 0.636. The van der Waals surface area contributed by atoms with Gasteiger partial charge in [0.05, 0.1) is 0 Å². The molecule has 0 aliphatic heterocycles. The smallest absolute Gasteiger partial charge is 0.150 e. The number of aldehydes is 1. The van der Waals surface area contributed by atoms with Gasteiger partial charge in [0.25, 0.3) is 0 Å². The molecule has 0 unspecified atom stereocenters. The largest absolute Gasteiger partial charge is 0.382 e. The van der Waals surface area contributed by atoms with E-state index in [4.69, 9.17) is 0 Å². The summed E-state index contributed by atoms with van der Waals surface area (Å²) in [5.41, 5.74) is 1.87. The van der Waals surface area contributed by atoms with Crippen molar-refractivity contribution in [3.8, 4) is 0 Å². The van der Waals surface area contributed by atoms with Crippen LogP contribution in [0.4, 0.5) is 5.69 Å². The first-order chi connectivity index (χ1) is 6.88. The van der Waals surface area contributed by atoms with E-state index in [1.54, 1.807) is 0 Å². The summed E-state index contributed by atoms with van der Waals surface area (Å²) in [5.74, 6) is 0. The highest BCUT2D eigenvalue weighted by atomic mass is 16.1. The van der Waals surface area contributed by atoms with Crippen LogP contribution in [0.1, 0.15) is 36.0 Å². The van der Waals surface area contributed by atoms with Crippen molar-refractivity contribution in [2.45, 2.75) is 31.7 Å². The quantitative estimate of drug-likeness (QED) is 0.741. The fourth-order valence-electron chi connectivity index (χ4n) is 1.96. The Morgan fingerprint density at radius 3 is 2.36 bits per heavy atom. The minimum Gasteiger partial charge on any atom is -0.382 e. The van der Waals surface area contributed by atoms with E-state index in [-0.39, 0.29) is 0 Å². The summed E-state index contributed by atoms with van der Waals surface area (Å²) in [7, 11) is 0. The van der Waals surface area contributed by atoms with Gasteiger partial charge in [0.1, 0.15) is 6.29 Å². The van der Waals surface area contributed by atoms with Gasteiger partial charge in [-0.15, -0.1) is 0 Å². The lowest BCUT2D eigenvalue weighted by Crippen LogP contribution is -2.14. The molecule has 0 heterocycles. The van der Waals surface area contributed by atoms with E-state index < -0.39 is 0 Å². The molecule has 0 radical (unpaired) electrons. The Kier molecular flexibility index (Phi) is 2.82. The molecule has 1 aliphatic rings. The Labute approximate surface area is 84.3 Å². The highest BCUT2D eigenvalue weighted by Crippen LogP contribution is 2.22. The summed E-state index contributed by atoms with van der Waals surface area (Å²) >= 11 is 0. The summed E-state index contributed by atoms with van der Waals surface area (Å²) in [6.45, 7) is 0. The second-order valence-corrected chi connectivity index (χ2v) is 3.87. The molecule has 0 amide bonds. The summed E-state index contributed by atoms with van der Waals surface area (Å²) < 4.78 is 0. The predicted octanol–water partition coefficient (Wildman–Crippen LogP) is 2.85. The van der Waals surface area contributed by atoms with E-state index in [9.17, 15) is 4.79 Å². The molecule has 74 valence electrons. The average Bonchev–Trinajstić information content (AvgIpc) is 2.72. The molecule has 0 saturated heterocycles. The van der Waals surface area contributed by atoms with Crippen molar-refractivity contribution in [1.29, 1.82) is 0 Å². The van der Waals surface area contributed by atoms with Gasteiger partial charge in [-0.3, -0.25) is 4.79 Å². The first-order valence-corrected chi connectivity index (χ1v) is 5.20. The van der Waals surface area contributed by atoms with E-state index in [0.717, 1.165) is 17.5 Å². The maximum absolute atomic E-state index is 10.4. The molecule has 1 aromatic rings. The van der Waals surface area contributed by atoms with Crippen LogP contribution in [0.25, 0.3) is 0 Å². The average molecular weight is 189 g/mol. The summed E-state index contributed by atoms with van der Waals surface area (Å²) in [6.07, 6.45) is 6.10. The number of nitrogens with one attached hydrogen (secondary N) is 1. The SMILES string of the molecule is O=Cc1ccc(NC2CCCC2)cc1. The number of anilines is 1. The fraction of sp³-hybridized carbons (Fsp3) is 0.417. The topological polar surface area (TPSA) is 29.1 Å². The molecule has 2 rings (SSSR count). The molecular weight excluding hydrogens is 174 g/mol. The Bertz CT molecular complexity index is 299. The molecule has 1 fully saturated rings. The van der Waals surface area contributed by atoms with E-state index in [2.05, 4.69) is 5.32 Å². The standard InChI is InChI=1S/C12H15NO/c14-9-10-5-7-12(8-6-10)13-11-3-1-2-4-11/h5-9,11,13H,1-4H2. The normalized spacial score (nSPS) is 16.9. The van der Waals surface area contributed by atoms with E-state index in [1.165, 1.54) is 25.7 Å². The number of hydrogen-bond donors (Lipinski definition) is 1. The number of benzene rings is 1. The lowest BCUT2D eigenvalue weighted by atomic mass is 10.2. The van der Waals surface area contributed by atoms with Crippen LogP contribution in [0, 0.1) is 0 Å². The third-order valence-electron chi connectivity index (χ3n) is 2.77. The van der Waals surface area contributed by atoms with Gasteiger partial charge in [-0.2, -0.15) is 0 Å². The van der Waals surface area contributed by atoms with Gasteiger partial charge in [-0.05, 0) is 37.1 Å². The number of hydrogen-bond acceptors (Lipinski definition) is 2. The van der Waals surface area contributed by atoms with Crippen LogP contribution < -0.4 is 5.32 Å². The zero-order valence-corrected chi connectivity index (χ0v) is 8.20. The van der Waals surface area contributed by atoms with Crippen molar-refractivity contribution >= 4 is 12.0 Å². The fourth-order valence-corrected chi connectivity index (χ4v) is 1.96. The third-order valence-corrected chi connectivity index (χ3v) is 2.77. The highest BCUT2D eigenvalue weighted by Gasteiger charge is 2.13. The van der Waals surface area contributed by atoms with Gasteiger partial charge in [-0.25, -0.2) is 0 Å². The van der Waals surface area contributed by atoms with Crippen molar-refractivity contribution in [2.75, 3.05) is 5.32 Å². The molecule has 0 spiro atoms. The first-order valence-electron chi connectivity index (χ1n) is 5.20. The zero-order chi connectivity index (χ0) is 9.80. The maximum atomic E-state index is 10.4. The van der Waals surface area contributed by atoms with Crippen molar-refractivity contribution < 1.29 is 4.79 Å². The van der Waals surface area contributed by atoms with Gasteiger partial charge in [-0.1, -0.05) is 12.8 Å². The molecule has 1 aromatic carbocycles. The molecule has 0 atom stereocenters. The van der Waals surface area contributed by atoms with Crippen LogP contribution in [0.3, 0.4) is 0 Å². The Morgan fingerprint density at radius 2 is 1.79 bits per heavy atom. The molecule has 2 heteroatoms. The van der Waals surface area contributed by atoms with Crippen molar-refractivity contribution in [2.24, 2.45) is 0 Å². The minimum atomic E-state index is 0.636. The molecule has 1 aliphatic carbocycles. The highest BCUT2D eigenvalue weighted by molar-refractivity contribution is 5.75. The van der Waals surface area contributed by atoms with Crippen LogP contribution in [0.15, 0.2) is 24.3 Å². The van der Waals surface area contributed by atoms with E-state index in [1.807, 2.05) is 24.3 Å². The van der Waals surface area contributed by atoms with E-state index in [0.29, 0.717) is 6.04 Å². The molecule has 0 bridgehead atoms. The first kappa shape index (κ1) is 9.25. The van der Waals surface area contributed by atoms with Gasteiger partial charge in [0.2, 0.25) is 0 Å². The number of carbonyl (C=O) groups is 1. The molecule has 0 aromatic heterocycles. The van der Waals surface area contributed by atoms with Crippen molar-refractivity contribution in [1.82, 2.24) is 0 Å². The Balaban J connectivity index is 1.98. The molecule has 1 N–H and O–H groups in total. The summed E-state index contributed by atoms with van der Waals surface area (Å²) in [5, 5.41) is 3.48. The van der Waals surface area contributed by atoms with Crippen molar-refractivity contribution in [3.05, 3.63) is 29.8 Å². The van der Waals surface area contributed by atoms with Crippen molar-refractivity contribution in [3.63, 3.8) is 0 Å². The van der Waals surface area contributed by atoms with Crippen LogP contribution in [-0.2, 0) is 0 Å². The molecule has 2 nitrogen and oxygen atoms in total. The van der Waals surface area contributed by atoms with Crippen LogP contribution in [0.5, 0.6) is 0 Å². The van der Waals surface area contributed by atoms with Crippen LogP contribution >= 0.6 is 0 Å². The summed E-state index contributed by atoms with van der Waals surface area (Å²) in [6, 6.07) is 8.29. The third kappa shape index (κ3) is 2.13. The maximum Gasteiger partial charge on any atom is 0.150 e. The Hall–Kier alpha value is -1.31. The predicted molar refractivity (Wildman–Crippen MR) is 57.7 cm³/mol. The second-order valence-electron chi connectivity index (χ2n) is 3.87. The van der Waals surface area contributed by atoms with Gasteiger partial charge < -0.3 is 5.32 Å². The molecule has 14 heavy (non-hydrogen) atoms. The summed E-state index contributed by atoms with van der Waals surface area (Å²) in [4.78, 5) is 10.4. The van der Waals surface area contributed by atoms with Gasteiger partial charge >= 0.3 is 0 Å². The Morgan fingerprint density at radius 1 is 1.14 bits per heavy atom. The van der Waals surface area contributed by atoms with Crippen LogP contribution in [-0.4, -0.2) is 12.3 Å². The lowest BCUT2D eigenvalue weighted by Gasteiger charge is -2.13. The molecule has 1 saturated carbocycles.